The zero-order valence-corrected chi connectivity index (χ0v) is 16.9. The molecule has 0 spiro atoms. The molecular weight excluding hydrogens is 376 g/mol. The van der Waals surface area contributed by atoms with Crippen LogP contribution in [0.2, 0.25) is 0 Å². The standard InChI is InChI=1S/C21H22N2O4S/c1-14-11-17(15(2)22(14)9-10-27-3)12-19-20(25)23(21(26)28-19)13-18(24)16-7-5-4-6-8-16/h4-8,11-12H,9-10,13H2,1-3H3/b19-12-. The molecule has 1 aliphatic rings. The lowest BCUT2D eigenvalue weighted by Crippen LogP contribution is -2.33. The summed E-state index contributed by atoms with van der Waals surface area (Å²) in [5, 5.41) is -0.422. The number of carbonyl (C=O) groups excluding carboxylic acids is 3. The predicted octanol–water partition coefficient (Wildman–Crippen LogP) is 3.67. The molecule has 0 saturated carbocycles. The summed E-state index contributed by atoms with van der Waals surface area (Å²) in [5.41, 5.74) is 3.42. The third-order valence-corrected chi connectivity index (χ3v) is 5.60. The Balaban J connectivity index is 1.79. The largest absolute Gasteiger partial charge is 0.383 e. The van der Waals surface area contributed by atoms with E-state index >= 15 is 0 Å². The van der Waals surface area contributed by atoms with Crippen molar-refractivity contribution in [2.24, 2.45) is 0 Å². The molecule has 0 atom stereocenters. The van der Waals surface area contributed by atoms with Gasteiger partial charge in [0, 0.05) is 30.6 Å². The van der Waals surface area contributed by atoms with E-state index in [0.717, 1.165) is 40.2 Å². The van der Waals surface area contributed by atoms with Gasteiger partial charge >= 0.3 is 0 Å². The maximum absolute atomic E-state index is 12.7. The number of thioether (sulfide) groups is 1. The first-order chi connectivity index (χ1) is 13.4. The molecule has 2 amide bonds. The molecule has 1 saturated heterocycles. The van der Waals surface area contributed by atoms with Gasteiger partial charge < -0.3 is 9.30 Å². The minimum absolute atomic E-state index is 0.251. The molecule has 1 aromatic carbocycles. The Labute approximate surface area is 168 Å². The number of hydrogen-bond acceptors (Lipinski definition) is 5. The van der Waals surface area contributed by atoms with Gasteiger partial charge in [-0.2, -0.15) is 0 Å². The first kappa shape index (κ1) is 20.1. The second-order valence-corrected chi connectivity index (χ2v) is 7.52. The van der Waals surface area contributed by atoms with Crippen molar-refractivity contribution in [3.05, 3.63) is 63.8 Å². The van der Waals surface area contributed by atoms with Crippen LogP contribution in [0.4, 0.5) is 4.79 Å². The van der Waals surface area contributed by atoms with Crippen LogP contribution in [0.3, 0.4) is 0 Å². The van der Waals surface area contributed by atoms with Crippen LogP contribution >= 0.6 is 11.8 Å². The Bertz CT molecular complexity index is 947. The van der Waals surface area contributed by atoms with Crippen molar-refractivity contribution in [1.29, 1.82) is 0 Å². The van der Waals surface area contributed by atoms with Crippen molar-refractivity contribution in [3.63, 3.8) is 0 Å². The van der Waals surface area contributed by atoms with Gasteiger partial charge in [0.2, 0.25) is 0 Å². The van der Waals surface area contributed by atoms with Crippen molar-refractivity contribution < 1.29 is 19.1 Å². The maximum Gasteiger partial charge on any atom is 0.293 e. The van der Waals surface area contributed by atoms with Gasteiger partial charge in [0.05, 0.1) is 18.1 Å². The smallest absolute Gasteiger partial charge is 0.293 e. The third kappa shape index (κ3) is 4.10. The topological polar surface area (TPSA) is 68.6 Å². The number of methoxy groups -OCH3 is 1. The highest BCUT2D eigenvalue weighted by molar-refractivity contribution is 8.18. The molecule has 0 unspecified atom stereocenters. The predicted molar refractivity (Wildman–Crippen MR) is 109 cm³/mol. The van der Waals surface area contributed by atoms with E-state index in [9.17, 15) is 14.4 Å². The molecule has 1 aliphatic heterocycles. The molecule has 146 valence electrons. The monoisotopic (exact) mass is 398 g/mol. The van der Waals surface area contributed by atoms with E-state index < -0.39 is 11.1 Å². The Kier molecular flexibility index (Phi) is 6.16. The number of aromatic nitrogens is 1. The van der Waals surface area contributed by atoms with Gasteiger partial charge in [-0.1, -0.05) is 30.3 Å². The number of ether oxygens (including phenoxy) is 1. The van der Waals surface area contributed by atoms with Crippen molar-refractivity contribution in [1.82, 2.24) is 9.47 Å². The summed E-state index contributed by atoms with van der Waals surface area (Å²) < 4.78 is 7.25. The van der Waals surface area contributed by atoms with Crippen molar-refractivity contribution >= 4 is 34.8 Å². The molecule has 0 bridgehead atoms. The Morgan fingerprint density at radius 1 is 1.18 bits per heavy atom. The lowest BCUT2D eigenvalue weighted by Gasteiger charge is -2.11. The van der Waals surface area contributed by atoms with Crippen LogP contribution < -0.4 is 0 Å². The van der Waals surface area contributed by atoms with Gasteiger partial charge in [-0.25, -0.2) is 0 Å². The number of nitrogens with zero attached hydrogens (tertiary/aromatic N) is 2. The number of carbonyl (C=O) groups is 3. The van der Waals surface area contributed by atoms with Crippen LogP contribution in [0.5, 0.6) is 0 Å². The van der Waals surface area contributed by atoms with Gasteiger partial charge in [-0.05, 0) is 43.3 Å². The average molecular weight is 398 g/mol. The number of ketones is 1. The lowest BCUT2D eigenvalue weighted by atomic mass is 10.1. The quantitative estimate of drug-likeness (QED) is 0.526. The van der Waals surface area contributed by atoms with E-state index in [0.29, 0.717) is 17.1 Å². The molecule has 0 aliphatic carbocycles. The number of amides is 2. The molecule has 1 fully saturated rings. The zero-order chi connectivity index (χ0) is 20.3. The molecule has 2 aromatic rings. The second kappa shape index (κ2) is 8.58. The van der Waals surface area contributed by atoms with Crippen molar-refractivity contribution in [2.45, 2.75) is 20.4 Å². The Hall–Kier alpha value is -2.64. The summed E-state index contributed by atoms with van der Waals surface area (Å²) in [6.07, 6.45) is 1.73. The van der Waals surface area contributed by atoms with Gasteiger partial charge in [-0.3, -0.25) is 19.3 Å². The van der Waals surface area contributed by atoms with Crippen molar-refractivity contribution in [3.8, 4) is 0 Å². The van der Waals surface area contributed by atoms with Crippen LogP contribution in [0.25, 0.3) is 6.08 Å². The Morgan fingerprint density at radius 3 is 2.57 bits per heavy atom. The Morgan fingerprint density at radius 2 is 1.89 bits per heavy atom. The lowest BCUT2D eigenvalue weighted by molar-refractivity contribution is -0.122. The third-order valence-electron chi connectivity index (χ3n) is 4.69. The number of rotatable bonds is 7. The minimum atomic E-state index is -0.430. The van der Waals surface area contributed by atoms with Crippen LogP contribution in [0.15, 0.2) is 41.3 Å². The summed E-state index contributed by atoms with van der Waals surface area (Å²) >= 11 is 0.868. The normalized spacial score (nSPS) is 15.7. The van der Waals surface area contributed by atoms with Crippen LogP contribution in [0.1, 0.15) is 27.3 Å². The fraction of sp³-hybridized carbons (Fsp3) is 0.286. The summed E-state index contributed by atoms with van der Waals surface area (Å²) in [6.45, 7) is 5.02. The molecule has 7 heteroatoms. The fourth-order valence-corrected chi connectivity index (χ4v) is 3.97. The highest BCUT2D eigenvalue weighted by Crippen LogP contribution is 2.33. The molecule has 0 N–H and O–H groups in total. The van der Waals surface area contributed by atoms with Gasteiger partial charge in [0.1, 0.15) is 0 Å². The van der Waals surface area contributed by atoms with E-state index in [1.165, 1.54) is 0 Å². The summed E-state index contributed by atoms with van der Waals surface area (Å²) in [5.74, 6) is -0.692. The first-order valence-corrected chi connectivity index (χ1v) is 9.73. The van der Waals surface area contributed by atoms with Crippen LogP contribution in [-0.2, 0) is 16.1 Å². The minimum Gasteiger partial charge on any atom is -0.383 e. The number of aryl methyl sites for hydroxylation is 1. The summed E-state index contributed by atoms with van der Waals surface area (Å²) in [4.78, 5) is 38.7. The molecule has 28 heavy (non-hydrogen) atoms. The molecular formula is C21H22N2O4S. The number of benzene rings is 1. The highest BCUT2D eigenvalue weighted by Gasteiger charge is 2.36. The molecule has 6 nitrogen and oxygen atoms in total. The number of Topliss-reactive ketones (excluding diaryl/α,β-unsaturated/α-hetero) is 1. The first-order valence-electron chi connectivity index (χ1n) is 8.91. The highest BCUT2D eigenvalue weighted by atomic mass is 32.2. The van der Waals surface area contributed by atoms with E-state index in [4.69, 9.17) is 4.74 Å². The van der Waals surface area contributed by atoms with Gasteiger partial charge in [0.15, 0.2) is 5.78 Å². The SMILES string of the molecule is COCCn1c(C)cc(/C=C2\SC(=O)N(CC(=O)c3ccccc3)C2=O)c1C. The van der Waals surface area contributed by atoms with E-state index in [1.54, 1.807) is 37.5 Å². The summed E-state index contributed by atoms with van der Waals surface area (Å²) in [6, 6.07) is 10.6. The van der Waals surface area contributed by atoms with E-state index in [-0.39, 0.29) is 12.3 Å². The molecule has 0 radical (unpaired) electrons. The second-order valence-electron chi connectivity index (χ2n) is 6.53. The number of imide groups is 1. The van der Waals surface area contributed by atoms with Crippen LogP contribution in [0, 0.1) is 13.8 Å². The van der Waals surface area contributed by atoms with Crippen molar-refractivity contribution in [2.75, 3.05) is 20.3 Å². The average Bonchev–Trinajstić information content (AvgIpc) is 3.10. The van der Waals surface area contributed by atoms with Gasteiger partial charge in [0.25, 0.3) is 11.1 Å². The summed E-state index contributed by atoms with van der Waals surface area (Å²) in [7, 11) is 1.65. The molecule has 1 aromatic heterocycles. The van der Waals surface area contributed by atoms with E-state index in [1.807, 2.05) is 26.0 Å². The number of hydrogen-bond donors (Lipinski definition) is 0. The maximum atomic E-state index is 12.7. The van der Waals surface area contributed by atoms with E-state index in [2.05, 4.69) is 4.57 Å². The zero-order valence-electron chi connectivity index (χ0n) is 16.1. The van der Waals surface area contributed by atoms with Crippen LogP contribution in [-0.4, -0.2) is 46.7 Å². The fourth-order valence-electron chi connectivity index (χ4n) is 3.14. The van der Waals surface area contributed by atoms with Gasteiger partial charge in [-0.15, -0.1) is 0 Å². The molecule has 2 heterocycles. The molecule has 3 rings (SSSR count).